The van der Waals surface area contributed by atoms with Crippen molar-refractivity contribution in [3.63, 3.8) is 0 Å². The van der Waals surface area contributed by atoms with Crippen LogP contribution in [0.4, 0.5) is 11.4 Å². The monoisotopic (exact) mass is 382 g/mol. The van der Waals surface area contributed by atoms with Gasteiger partial charge in [0.25, 0.3) is 0 Å². The quantitative estimate of drug-likeness (QED) is 0.633. The van der Waals surface area contributed by atoms with E-state index < -0.39 is 0 Å². The maximum absolute atomic E-state index is 11.8. The number of amides is 2. The van der Waals surface area contributed by atoms with Gasteiger partial charge in [0.05, 0.1) is 12.8 Å². The standard InChI is InChI=1S/C20H18N2O4S/c1-11(23)7-19(25)21-13-3-5-15-16-6-4-14(22-20(26)8-12(2)24)10-18(16)27-17(15)9-13/h3-6,9-10H,7-8H2,1-2H3,(H,21,25)(H,22,26). The molecule has 0 saturated heterocycles. The molecule has 3 rings (SSSR count). The van der Waals surface area contributed by atoms with Crippen LogP contribution in [0.2, 0.25) is 0 Å². The highest BCUT2D eigenvalue weighted by Crippen LogP contribution is 2.36. The van der Waals surface area contributed by atoms with Gasteiger partial charge in [0.2, 0.25) is 11.8 Å². The molecule has 0 bridgehead atoms. The zero-order valence-corrected chi connectivity index (χ0v) is 15.7. The fraction of sp³-hybridized carbons (Fsp3) is 0.200. The molecule has 2 aromatic carbocycles. The Labute approximate surface area is 159 Å². The van der Waals surface area contributed by atoms with Crippen LogP contribution in [0.1, 0.15) is 26.7 Å². The van der Waals surface area contributed by atoms with Crippen molar-refractivity contribution < 1.29 is 19.2 Å². The Bertz CT molecular complexity index is 1000. The highest BCUT2D eigenvalue weighted by atomic mass is 32.1. The number of anilines is 2. The molecule has 2 N–H and O–H groups in total. The zero-order valence-electron chi connectivity index (χ0n) is 14.9. The topological polar surface area (TPSA) is 92.3 Å². The van der Waals surface area contributed by atoms with E-state index in [2.05, 4.69) is 10.6 Å². The summed E-state index contributed by atoms with van der Waals surface area (Å²) in [7, 11) is 0. The maximum atomic E-state index is 11.8. The van der Waals surface area contributed by atoms with E-state index in [4.69, 9.17) is 0 Å². The molecular weight excluding hydrogens is 364 g/mol. The summed E-state index contributed by atoms with van der Waals surface area (Å²) in [5.41, 5.74) is 1.27. The van der Waals surface area contributed by atoms with Crippen molar-refractivity contribution in [2.75, 3.05) is 10.6 Å². The number of carbonyl (C=O) groups excluding carboxylic acids is 4. The fourth-order valence-corrected chi connectivity index (χ4v) is 3.98. The van der Waals surface area contributed by atoms with Gasteiger partial charge in [-0.1, -0.05) is 12.1 Å². The Balaban J connectivity index is 1.86. The van der Waals surface area contributed by atoms with Gasteiger partial charge in [-0.2, -0.15) is 0 Å². The molecule has 0 radical (unpaired) electrons. The van der Waals surface area contributed by atoms with Crippen molar-refractivity contribution >= 4 is 66.3 Å². The predicted molar refractivity (Wildman–Crippen MR) is 107 cm³/mol. The van der Waals surface area contributed by atoms with Crippen molar-refractivity contribution in [1.29, 1.82) is 0 Å². The number of benzene rings is 2. The summed E-state index contributed by atoms with van der Waals surface area (Å²) in [6, 6.07) is 11.2. The van der Waals surface area contributed by atoms with Crippen LogP contribution >= 0.6 is 11.3 Å². The van der Waals surface area contributed by atoms with Gasteiger partial charge in [-0.25, -0.2) is 0 Å². The first-order chi connectivity index (χ1) is 12.8. The number of hydrogen-bond acceptors (Lipinski definition) is 5. The van der Waals surface area contributed by atoms with Crippen LogP contribution in [-0.2, 0) is 19.2 Å². The summed E-state index contributed by atoms with van der Waals surface area (Å²) >= 11 is 1.54. The van der Waals surface area contributed by atoms with Crippen molar-refractivity contribution in [3.8, 4) is 0 Å². The minimum Gasteiger partial charge on any atom is -0.326 e. The molecule has 2 amide bonds. The summed E-state index contributed by atoms with van der Waals surface area (Å²) < 4.78 is 1.97. The largest absolute Gasteiger partial charge is 0.326 e. The number of carbonyl (C=O) groups is 4. The molecule has 0 aliphatic heterocycles. The Kier molecular flexibility index (Phi) is 5.32. The normalized spacial score (nSPS) is 10.7. The second-order valence-electron chi connectivity index (χ2n) is 6.38. The van der Waals surface area contributed by atoms with E-state index in [0.717, 1.165) is 20.2 Å². The number of Topliss-reactive ketones (excluding diaryl/α,β-unsaturated/α-hetero) is 2. The van der Waals surface area contributed by atoms with Gasteiger partial charge < -0.3 is 10.6 Å². The van der Waals surface area contributed by atoms with Gasteiger partial charge in [-0.05, 0) is 38.1 Å². The van der Waals surface area contributed by atoms with Gasteiger partial charge in [0, 0.05) is 31.5 Å². The van der Waals surface area contributed by atoms with Crippen LogP contribution in [0.15, 0.2) is 36.4 Å². The zero-order chi connectivity index (χ0) is 19.6. The number of nitrogens with one attached hydrogen (secondary N) is 2. The van der Waals surface area contributed by atoms with E-state index >= 15 is 0 Å². The molecule has 0 aliphatic rings. The van der Waals surface area contributed by atoms with E-state index in [1.807, 2.05) is 24.3 Å². The maximum Gasteiger partial charge on any atom is 0.231 e. The molecule has 0 spiro atoms. The molecular formula is C20H18N2O4S. The van der Waals surface area contributed by atoms with Crippen molar-refractivity contribution in [2.24, 2.45) is 0 Å². The summed E-state index contributed by atoms with van der Waals surface area (Å²) in [4.78, 5) is 45.6. The number of rotatable bonds is 6. The van der Waals surface area contributed by atoms with Crippen molar-refractivity contribution in [3.05, 3.63) is 36.4 Å². The summed E-state index contributed by atoms with van der Waals surface area (Å²) in [5, 5.41) is 7.53. The number of fused-ring (bicyclic) bond motifs is 3. The molecule has 138 valence electrons. The molecule has 0 unspecified atom stereocenters. The number of ketones is 2. The molecule has 1 heterocycles. The Morgan fingerprint density at radius 3 is 1.52 bits per heavy atom. The summed E-state index contributed by atoms with van der Waals surface area (Å²) in [5.74, 6) is -1.04. The molecule has 27 heavy (non-hydrogen) atoms. The van der Waals surface area contributed by atoms with E-state index in [1.54, 1.807) is 12.1 Å². The van der Waals surface area contributed by atoms with E-state index in [-0.39, 0.29) is 36.2 Å². The molecule has 3 aromatic rings. The van der Waals surface area contributed by atoms with Gasteiger partial charge >= 0.3 is 0 Å². The number of thiophene rings is 1. The third-order valence-electron chi connectivity index (χ3n) is 3.86. The number of hydrogen-bond donors (Lipinski definition) is 2. The lowest BCUT2D eigenvalue weighted by Gasteiger charge is -2.04. The third-order valence-corrected chi connectivity index (χ3v) is 4.98. The molecule has 0 saturated carbocycles. The molecule has 0 aliphatic carbocycles. The highest BCUT2D eigenvalue weighted by Gasteiger charge is 2.11. The minimum absolute atomic E-state index is 0.145. The lowest BCUT2D eigenvalue weighted by atomic mass is 10.1. The third kappa shape index (κ3) is 4.57. The van der Waals surface area contributed by atoms with E-state index in [1.165, 1.54) is 25.2 Å². The lowest BCUT2D eigenvalue weighted by molar-refractivity contribution is -0.125. The van der Waals surface area contributed by atoms with Crippen molar-refractivity contribution in [1.82, 2.24) is 0 Å². The Morgan fingerprint density at radius 2 is 1.15 bits per heavy atom. The van der Waals surface area contributed by atoms with Crippen LogP contribution in [-0.4, -0.2) is 23.4 Å². The lowest BCUT2D eigenvalue weighted by Crippen LogP contribution is -2.14. The minimum atomic E-state index is -0.335. The first-order valence-corrected chi connectivity index (χ1v) is 9.18. The molecule has 1 aromatic heterocycles. The van der Waals surface area contributed by atoms with Gasteiger partial charge in [-0.3, -0.25) is 19.2 Å². The molecule has 7 heteroatoms. The smallest absolute Gasteiger partial charge is 0.231 e. The predicted octanol–water partition coefficient (Wildman–Crippen LogP) is 3.89. The average Bonchev–Trinajstić information content (AvgIpc) is 2.89. The van der Waals surface area contributed by atoms with Crippen LogP contribution in [0.25, 0.3) is 20.2 Å². The van der Waals surface area contributed by atoms with Crippen LogP contribution < -0.4 is 10.6 Å². The Hall–Kier alpha value is -3.06. The van der Waals surface area contributed by atoms with Crippen LogP contribution in [0.5, 0.6) is 0 Å². The van der Waals surface area contributed by atoms with Gasteiger partial charge in [0.1, 0.15) is 11.6 Å². The first kappa shape index (κ1) is 18.7. The van der Waals surface area contributed by atoms with E-state index in [9.17, 15) is 19.2 Å². The highest BCUT2D eigenvalue weighted by molar-refractivity contribution is 7.25. The van der Waals surface area contributed by atoms with Crippen molar-refractivity contribution in [2.45, 2.75) is 26.7 Å². The fourth-order valence-electron chi connectivity index (χ4n) is 2.80. The molecule has 6 nitrogen and oxygen atoms in total. The second-order valence-corrected chi connectivity index (χ2v) is 7.46. The molecule has 0 atom stereocenters. The van der Waals surface area contributed by atoms with E-state index in [0.29, 0.717) is 11.4 Å². The first-order valence-electron chi connectivity index (χ1n) is 8.37. The van der Waals surface area contributed by atoms with Gasteiger partial charge in [-0.15, -0.1) is 11.3 Å². The Morgan fingerprint density at radius 1 is 0.741 bits per heavy atom. The van der Waals surface area contributed by atoms with Crippen LogP contribution in [0.3, 0.4) is 0 Å². The molecule has 0 fully saturated rings. The SMILES string of the molecule is CC(=O)CC(=O)Nc1ccc2c(c1)sc1cc(NC(=O)CC(C)=O)ccc12. The summed E-state index contributed by atoms with van der Waals surface area (Å²) in [6.07, 6.45) is -0.290. The second kappa shape index (κ2) is 7.67. The van der Waals surface area contributed by atoms with Crippen LogP contribution in [0, 0.1) is 0 Å². The average molecular weight is 382 g/mol. The summed E-state index contributed by atoms with van der Waals surface area (Å²) in [6.45, 7) is 2.75. The van der Waals surface area contributed by atoms with Gasteiger partial charge in [0.15, 0.2) is 0 Å².